The van der Waals surface area contributed by atoms with Gasteiger partial charge in [-0.2, -0.15) is 0 Å². The average molecular weight is 403 g/mol. The van der Waals surface area contributed by atoms with E-state index in [-0.39, 0.29) is 5.91 Å². The van der Waals surface area contributed by atoms with Gasteiger partial charge in [0.25, 0.3) is 5.91 Å². The Labute approximate surface area is 176 Å². The largest absolute Gasteiger partial charge is 0.492 e. The standard InChI is InChI=1S/C24H38N2O3/c1-18-9-11-24(28-4,12-10-18)23(27)25-21-5-7-22(8-6-21)29-14-13-26-16-19(2)15-20(3)17-26/h5-8,18-20H,9-17H2,1-4H3,(H,25,27)/t18?,19-,20-,24?/m0/s1. The van der Waals surface area contributed by atoms with Crippen LogP contribution >= 0.6 is 0 Å². The van der Waals surface area contributed by atoms with Crippen molar-refractivity contribution in [2.24, 2.45) is 17.8 Å². The Morgan fingerprint density at radius 2 is 1.69 bits per heavy atom. The number of hydrogen-bond acceptors (Lipinski definition) is 4. The molecule has 1 aromatic rings. The summed E-state index contributed by atoms with van der Waals surface area (Å²) >= 11 is 0. The van der Waals surface area contributed by atoms with E-state index in [0.717, 1.165) is 55.5 Å². The van der Waals surface area contributed by atoms with Crippen LogP contribution in [0.15, 0.2) is 24.3 Å². The van der Waals surface area contributed by atoms with Gasteiger partial charge >= 0.3 is 0 Å². The Bertz CT molecular complexity index is 643. The second-order valence-corrected chi connectivity index (χ2v) is 9.41. The summed E-state index contributed by atoms with van der Waals surface area (Å²) in [5.74, 6) is 3.01. The highest BCUT2D eigenvalue weighted by Crippen LogP contribution is 2.35. The number of piperidine rings is 1. The van der Waals surface area contributed by atoms with Crippen LogP contribution < -0.4 is 10.1 Å². The minimum Gasteiger partial charge on any atom is -0.492 e. The van der Waals surface area contributed by atoms with Gasteiger partial charge in [-0.05, 0) is 74.1 Å². The lowest BCUT2D eigenvalue weighted by Crippen LogP contribution is -2.47. The Morgan fingerprint density at radius 3 is 2.28 bits per heavy atom. The number of benzene rings is 1. The number of hydrogen-bond donors (Lipinski definition) is 1. The molecule has 5 heteroatoms. The van der Waals surface area contributed by atoms with Crippen LogP contribution in [0.5, 0.6) is 5.75 Å². The summed E-state index contributed by atoms with van der Waals surface area (Å²) < 4.78 is 11.6. The summed E-state index contributed by atoms with van der Waals surface area (Å²) in [5.41, 5.74) is 0.0980. The zero-order chi connectivity index (χ0) is 20.9. The first-order chi connectivity index (χ1) is 13.9. The fourth-order valence-electron chi connectivity index (χ4n) is 4.90. The summed E-state index contributed by atoms with van der Waals surface area (Å²) in [5, 5.41) is 3.04. The highest BCUT2D eigenvalue weighted by molar-refractivity contribution is 5.97. The van der Waals surface area contributed by atoms with E-state index in [1.807, 2.05) is 24.3 Å². The van der Waals surface area contributed by atoms with Gasteiger partial charge in [0.1, 0.15) is 18.0 Å². The molecule has 0 aromatic heterocycles. The number of nitrogens with zero attached hydrogens (tertiary/aromatic N) is 1. The quantitative estimate of drug-likeness (QED) is 0.725. The minimum absolute atomic E-state index is 0.0334. The Morgan fingerprint density at radius 1 is 1.07 bits per heavy atom. The number of methoxy groups -OCH3 is 1. The van der Waals surface area contributed by atoms with Crippen LogP contribution in [0, 0.1) is 17.8 Å². The molecule has 0 bridgehead atoms. The van der Waals surface area contributed by atoms with Crippen LogP contribution in [0.4, 0.5) is 5.69 Å². The Hall–Kier alpha value is -1.59. The summed E-state index contributed by atoms with van der Waals surface area (Å²) in [6.45, 7) is 10.9. The molecule has 1 heterocycles. The highest BCUT2D eigenvalue weighted by Gasteiger charge is 2.41. The summed E-state index contributed by atoms with van der Waals surface area (Å²) in [4.78, 5) is 15.3. The van der Waals surface area contributed by atoms with Crippen LogP contribution in [0.3, 0.4) is 0 Å². The van der Waals surface area contributed by atoms with Gasteiger partial charge in [-0.25, -0.2) is 0 Å². The van der Waals surface area contributed by atoms with Crippen molar-refractivity contribution in [1.29, 1.82) is 0 Å². The fourth-order valence-corrected chi connectivity index (χ4v) is 4.90. The highest BCUT2D eigenvalue weighted by atomic mass is 16.5. The molecule has 1 aromatic carbocycles. The van der Waals surface area contributed by atoms with Crippen molar-refractivity contribution in [3.05, 3.63) is 24.3 Å². The normalized spacial score (nSPS) is 30.7. The van der Waals surface area contributed by atoms with Crippen LogP contribution in [0.25, 0.3) is 0 Å². The number of nitrogens with one attached hydrogen (secondary N) is 1. The van der Waals surface area contributed by atoms with E-state index < -0.39 is 5.60 Å². The molecule has 1 aliphatic heterocycles. The molecule has 0 radical (unpaired) electrons. The Kier molecular flexibility index (Phi) is 7.58. The molecule has 29 heavy (non-hydrogen) atoms. The van der Waals surface area contributed by atoms with Crippen molar-refractivity contribution in [2.45, 2.75) is 58.5 Å². The van der Waals surface area contributed by atoms with Crippen LogP contribution in [-0.4, -0.2) is 49.8 Å². The van der Waals surface area contributed by atoms with E-state index in [0.29, 0.717) is 12.5 Å². The first-order valence-electron chi connectivity index (χ1n) is 11.2. The lowest BCUT2D eigenvalue weighted by atomic mass is 9.79. The molecule has 2 fully saturated rings. The van der Waals surface area contributed by atoms with E-state index in [2.05, 4.69) is 31.0 Å². The molecule has 1 amide bonds. The lowest BCUT2D eigenvalue weighted by molar-refractivity contribution is -0.142. The molecule has 0 unspecified atom stereocenters. The number of carbonyl (C=O) groups is 1. The molecule has 2 aliphatic rings. The van der Waals surface area contributed by atoms with Gasteiger partial charge in [0, 0.05) is 32.4 Å². The fraction of sp³-hybridized carbons (Fsp3) is 0.708. The van der Waals surface area contributed by atoms with E-state index in [1.54, 1.807) is 7.11 Å². The van der Waals surface area contributed by atoms with Gasteiger partial charge in [-0.1, -0.05) is 20.8 Å². The average Bonchev–Trinajstić information content (AvgIpc) is 2.69. The number of amides is 1. The monoisotopic (exact) mass is 402 g/mol. The predicted molar refractivity (Wildman–Crippen MR) is 117 cm³/mol. The van der Waals surface area contributed by atoms with Gasteiger partial charge in [0.15, 0.2) is 0 Å². The van der Waals surface area contributed by atoms with Gasteiger partial charge in [0.2, 0.25) is 0 Å². The van der Waals surface area contributed by atoms with E-state index in [1.165, 1.54) is 19.5 Å². The van der Waals surface area contributed by atoms with Crippen molar-refractivity contribution >= 4 is 11.6 Å². The zero-order valence-corrected chi connectivity index (χ0v) is 18.6. The summed E-state index contributed by atoms with van der Waals surface area (Å²) in [6.07, 6.45) is 4.95. The minimum atomic E-state index is -0.690. The molecule has 1 aliphatic carbocycles. The van der Waals surface area contributed by atoms with Crippen molar-refractivity contribution < 1.29 is 14.3 Å². The van der Waals surface area contributed by atoms with Gasteiger partial charge in [-0.3, -0.25) is 9.69 Å². The molecular formula is C24H38N2O3. The zero-order valence-electron chi connectivity index (χ0n) is 18.6. The second-order valence-electron chi connectivity index (χ2n) is 9.41. The number of carbonyl (C=O) groups excluding carboxylic acids is 1. The third kappa shape index (κ3) is 5.95. The first kappa shape index (κ1) is 22.1. The topological polar surface area (TPSA) is 50.8 Å². The maximum absolute atomic E-state index is 12.8. The maximum Gasteiger partial charge on any atom is 0.256 e. The maximum atomic E-state index is 12.8. The van der Waals surface area contributed by atoms with Gasteiger partial charge < -0.3 is 14.8 Å². The Balaban J connectivity index is 1.46. The summed E-state index contributed by atoms with van der Waals surface area (Å²) in [7, 11) is 1.65. The van der Waals surface area contributed by atoms with Crippen LogP contribution in [0.2, 0.25) is 0 Å². The molecule has 162 valence electrons. The SMILES string of the molecule is COC1(C(=O)Nc2ccc(OCCN3C[C@@H](C)C[C@H](C)C3)cc2)CCC(C)CC1. The smallest absolute Gasteiger partial charge is 0.256 e. The van der Waals surface area contributed by atoms with Crippen LogP contribution in [-0.2, 0) is 9.53 Å². The number of likely N-dealkylation sites (tertiary alicyclic amines) is 1. The first-order valence-corrected chi connectivity index (χ1v) is 11.2. The molecule has 1 saturated heterocycles. The molecule has 5 nitrogen and oxygen atoms in total. The molecule has 1 saturated carbocycles. The molecule has 1 N–H and O–H groups in total. The third-order valence-electron chi connectivity index (χ3n) is 6.62. The van der Waals surface area contributed by atoms with Gasteiger partial charge in [-0.15, -0.1) is 0 Å². The summed E-state index contributed by atoms with van der Waals surface area (Å²) in [6, 6.07) is 7.68. The molecular weight excluding hydrogens is 364 g/mol. The van der Waals surface area contributed by atoms with E-state index in [9.17, 15) is 4.79 Å². The lowest BCUT2D eigenvalue weighted by Gasteiger charge is -2.36. The van der Waals surface area contributed by atoms with Crippen molar-refractivity contribution in [2.75, 3.05) is 38.7 Å². The van der Waals surface area contributed by atoms with E-state index in [4.69, 9.17) is 9.47 Å². The molecule has 2 atom stereocenters. The van der Waals surface area contributed by atoms with Crippen molar-refractivity contribution in [3.8, 4) is 5.75 Å². The predicted octanol–water partition coefficient (Wildman–Crippen LogP) is 4.58. The number of ether oxygens (including phenoxy) is 2. The molecule has 0 spiro atoms. The number of rotatable bonds is 7. The number of anilines is 1. The van der Waals surface area contributed by atoms with Crippen molar-refractivity contribution in [1.82, 2.24) is 4.90 Å². The van der Waals surface area contributed by atoms with Crippen molar-refractivity contribution in [3.63, 3.8) is 0 Å². The van der Waals surface area contributed by atoms with Gasteiger partial charge in [0.05, 0.1) is 0 Å². The second kappa shape index (κ2) is 9.94. The van der Waals surface area contributed by atoms with E-state index >= 15 is 0 Å². The third-order valence-corrected chi connectivity index (χ3v) is 6.62. The van der Waals surface area contributed by atoms with Crippen LogP contribution in [0.1, 0.15) is 52.9 Å². The molecule has 3 rings (SSSR count).